The Morgan fingerprint density at radius 3 is 2.64 bits per heavy atom. The minimum atomic E-state index is -4.50. The van der Waals surface area contributed by atoms with E-state index < -0.39 is 11.7 Å². The number of hydrogen-bond donors (Lipinski definition) is 2. The normalized spacial score (nSPS) is 16.7. The first-order valence-corrected chi connectivity index (χ1v) is 6.54. The molecule has 0 unspecified atom stereocenters. The molecule has 0 fully saturated rings. The van der Waals surface area contributed by atoms with Crippen molar-refractivity contribution in [3.63, 3.8) is 0 Å². The fraction of sp³-hybridized carbons (Fsp3) is 0.286. The third-order valence-electron chi connectivity index (χ3n) is 3.08. The molecule has 1 aliphatic heterocycles. The lowest BCUT2D eigenvalue weighted by Crippen LogP contribution is -2.20. The highest BCUT2D eigenvalue weighted by Gasteiger charge is 2.35. The molecule has 0 saturated carbocycles. The summed E-state index contributed by atoms with van der Waals surface area (Å²) in [5.41, 5.74) is 0.674. The molecule has 1 aromatic rings. The summed E-state index contributed by atoms with van der Waals surface area (Å²) in [5, 5.41) is 5.38. The monoisotopic (exact) mass is 311 g/mol. The van der Waals surface area contributed by atoms with E-state index in [1.807, 2.05) is 37.2 Å². The van der Waals surface area contributed by atoms with E-state index in [-0.39, 0.29) is 11.8 Å². The SMILES string of the molecule is C/C=C1/C(Nc2ncc(C(F)(F)F)c(NC)n2)=CC=CN1C. The van der Waals surface area contributed by atoms with Gasteiger partial charge in [-0.25, -0.2) is 4.98 Å². The predicted octanol–water partition coefficient (Wildman–Crippen LogP) is 3.20. The Bertz CT molecular complexity index is 646. The molecule has 0 aliphatic carbocycles. The van der Waals surface area contributed by atoms with E-state index in [9.17, 15) is 13.2 Å². The molecule has 0 radical (unpaired) electrons. The highest BCUT2D eigenvalue weighted by Crippen LogP contribution is 2.33. The molecule has 8 heteroatoms. The number of nitrogens with zero attached hydrogens (tertiary/aromatic N) is 3. The fourth-order valence-electron chi connectivity index (χ4n) is 2.05. The number of rotatable bonds is 3. The molecule has 1 aromatic heterocycles. The first-order chi connectivity index (χ1) is 10.4. The van der Waals surface area contributed by atoms with Crippen molar-refractivity contribution in [3.8, 4) is 0 Å². The van der Waals surface area contributed by atoms with Gasteiger partial charge in [0.1, 0.15) is 11.4 Å². The minimum Gasteiger partial charge on any atom is -0.372 e. The molecular weight excluding hydrogens is 295 g/mol. The van der Waals surface area contributed by atoms with Crippen LogP contribution in [0.5, 0.6) is 0 Å². The lowest BCUT2D eigenvalue weighted by atomic mass is 10.2. The molecule has 22 heavy (non-hydrogen) atoms. The maximum absolute atomic E-state index is 12.8. The van der Waals surface area contributed by atoms with Gasteiger partial charge in [0, 0.05) is 26.5 Å². The van der Waals surface area contributed by atoms with Crippen LogP contribution in [0, 0.1) is 0 Å². The van der Waals surface area contributed by atoms with Crippen molar-refractivity contribution in [2.24, 2.45) is 0 Å². The molecule has 2 N–H and O–H groups in total. The summed E-state index contributed by atoms with van der Waals surface area (Å²) in [5.74, 6) is -0.181. The number of nitrogens with one attached hydrogen (secondary N) is 2. The Balaban J connectivity index is 2.31. The van der Waals surface area contributed by atoms with Gasteiger partial charge in [-0.15, -0.1) is 0 Å². The highest BCUT2D eigenvalue weighted by atomic mass is 19.4. The van der Waals surface area contributed by atoms with E-state index in [4.69, 9.17) is 0 Å². The average Bonchev–Trinajstić information content (AvgIpc) is 2.46. The molecule has 5 nitrogen and oxygen atoms in total. The third-order valence-corrected chi connectivity index (χ3v) is 3.08. The van der Waals surface area contributed by atoms with Crippen molar-refractivity contribution < 1.29 is 13.2 Å². The van der Waals surface area contributed by atoms with Crippen molar-refractivity contribution in [1.29, 1.82) is 0 Å². The van der Waals surface area contributed by atoms with Crippen LogP contribution in [-0.2, 0) is 6.18 Å². The summed E-state index contributed by atoms with van der Waals surface area (Å²) in [7, 11) is 3.25. The van der Waals surface area contributed by atoms with Crippen molar-refractivity contribution in [2.75, 3.05) is 24.7 Å². The maximum Gasteiger partial charge on any atom is 0.421 e. The predicted molar refractivity (Wildman–Crippen MR) is 78.9 cm³/mol. The summed E-state index contributed by atoms with van der Waals surface area (Å²) in [6.45, 7) is 1.87. The van der Waals surface area contributed by atoms with E-state index in [1.165, 1.54) is 7.05 Å². The molecule has 0 aromatic carbocycles. The number of likely N-dealkylation sites (N-methyl/N-ethyl adjacent to an activating group) is 1. The van der Waals surface area contributed by atoms with Gasteiger partial charge in [0.2, 0.25) is 5.95 Å². The lowest BCUT2D eigenvalue weighted by Gasteiger charge is -2.24. The second-order valence-corrected chi connectivity index (χ2v) is 4.54. The molecule has 2 rings (SSSR count). The van der Waals surface area contributed by atoms with Crippen molar-refractivity contribution in [1.82, 2.24) is 14.9 Å². The number of anilines is 2. The van der Waals surface area contributed by atoms with E-state index in [1.54, 1.807) is 6.08 Å². The zero-order valence-corrected chi connectivity index (χ0v) is 12.4. The van der Waals surface area contributed by atoms with Gasteiger partial charge in [0.25, 0.3) is 0 Å². The summed E-state index contributed by atoms with van der Waals surface area (Å²) in [4.78, 5) is 9.51. The highest BCUT2D eigenvalue weighted by molar-refractivity contribution is 5.53. The molecule has 0 bridgehead atoms. The first kappa shape index (κ1) is 15.9. The lowest BCUT2D eigenvalue weighted by molar-refractivity contribution is -0.137. The molecule has 0 amide bonds. The van der Waals surface area contributed by atoms with E-state index >= 15 is 0 Å². The van der Waals surface area contributed by atoms with E-state index in [2.05, 4.69) is 20.6 Å². The van der Waals surface area contributed by atoms with Gasteiger partial charge >= 0.3 is 6.18 Å². The number of hydrogen-bond acceptors (Lipinski definition) is 5. The third kappa shape index (κ3) is 3.21. The smallest absolute Gasteiger partial charge is 0.372 e. The van der Waals surface area contributed by atoms with E-state index in [0.717, 1.165) is 11.9 Å². The quantitative estimate of drug-likeness (QED) is 0.898. The van der Waals surface area contributed by atoms with Crippen LogP contribution in [0.4, 0.5) is 24.9 Å². The zero-order valence-electron chi connectivity index (χ0n) is 12.4. The van der Waals surface area contributed by atoms with Crippen molar-refractivity contribution in [2.45, 2.75) is 13.1 Å². The van der Waals surface area contributed by atoms with Crippen LogP contribution in [0.2, 0.25) is 0 Å². The summed E-state index contributed by atoms with van der Waals surface area (Å²) < 4.78 is 38.5. The van der Waals surface area contributed by atoms with Gasteiger partial charge in [-0.1, -0.05) is 6.08 Å². The topological polar surface area (TPSA) is 53.1 Å². The molecular formula is C14H16F3N5. The van der Waals surface area contributed by atoms with Gasteiger partial charge in [-0.2, -0.15) is 18.2 Å². The molecule has 0 spiro atoms. The summed E-state index contributed by atoms with van der Waals surface area (Å²) >= 11 is 0. The second kappa shape index (κ2) is 6.08. The number of allylic oxidation sites excluding steroid dienone is 3. The van der Waals surface area contributed by atoms with Crippen molar-refractivity contribution in [3.05, 3.63) is 47.6 Å². The minimum absolute atomic E-state index is 0.0895. The standard InChI is InChI=1S/C14H16F3N5/c1-4-11-10(6-5-7-22(11)3)20-13-19-8-9(14(15,16)17)12(18-2)21-13/h4-8H,1-3H3,(H2,18,19,20,21)/b11-4-. The second-order valence-electron chi connectivity index (χ2n) is 4.54. The van der Waals surface area contributed by atoms with E-state index in [0.29, 0.717) is 5.70 Å². The fourth-order valence-corrected chi connectivity index (χ4v) is 2.05. The Morgan fingerprint density at radius 2 is 2.05 bits per heavy atom. The molecule has 118 valence electrons. The summed E-state index contributed by atoms with van der Waals surface area (Å²) in [6.07, 6.45) is 3.63. The molecule has 0 atom stereocenters. The Hall–Kier alpha value is -2.51. The van der Waals surface area contributed by atoms with Crippen LogP contribution in [0.3, 0.4) is 0 Å². The number of halogens is 3. The zero-order chi connectivity index (χ0) is 16.3. The van der Waals surface area contributed by atoms with Gasteiger partial charge < -0.3 is 15.5 Å². The molecule has 2 heterocycles. The average molecular weight is 311 g/mol. The summed E-state index contributed by atoms with van der Waals surface area (Å²) in [6, 6.07) is 0. The first-order valence-electron chi connectivity index (χ1n) is 6.54. The Morgan fingerprint density at radius 1 is 1.32 bits per heavy atom. The van der Waals surface area contributed by atoms with Crippen LogP contribution < -0.4 is 10.6 Å². The number of aromatic nitrogens is 2. The molecule has 1 aliphatic rings. The van der Waals surface area contributed by atoms with Crippen LogP contribution >= 0.6 is 0 Å². The maximum atomic E-state index is 12.8. The van der Waals surface area contributed by atoms with Crippen molar-refractivity contribution >= 4 is 11.8 Å². The van der Waals surface area contributed by atoms with Crippen LogP contribution in [0.15, 0.2) is 42.0 Å². The van der Waals surface area contributed by atoms with Gasteiger partial charge in [0.05, 0.1) is 11.4 Å². The number of alkyl halides is 3. The van der Waals surface area contributed by atoms with Gasteiger partial charge in [0.15, 0.2) is 0 Å². The molecule has 0 saturated heterocycles. The van der Waals surface area contributed by atoms with Gasteiger partial charge in [-0.3, -0.25) is 0 Å². The Labute approximate surface area is 126 Å². The van der Waals surface area contributed by atoms with Crippen LogP contribution in [0.25, 0.3) is 0 Å². The Kier molecular flexibility index (Phi) is 4.39. The van der Waals surface area contributed by atoms with Crippen LogP contribution in [-0.4, -0.2) is 29.0 Å². The van der Waals surface area contributed by atoms with Crippen LogP contribution in [0.1, 0.15) is 12.5 Å². The largest absolute Gasteiger partial charge is 0.421 e. The van der Waals surface area contributed by atoms with Gasteiger partial charge in [-0.05, 0) is 19.1 Å².